The number of aromatic nitrogens is 2. The van der Waals surface area contributed by atoms with Gasteiger partial charge in [0.05, 0.1) is 19.6 Å². The summed E-state index contributed by atoms with van der Waals surface area (Å²) in [7, 11) is 0. The lowest BCUT2D eigenvalue weighted by Gasteiger charge is -1.90. The Labute approximate surface area is 117 Å². The molecule has 0 saturated heterocycles. The van der Waals surface area contributed by atoms with Crippen molar-refractivity contribution in [3.8, 4) is 11.5 Å². The molecule has 90 valence electrons. The van der Waals surface area contributed by atoms with Crippen molar-refractivity contribution < 1.29 is 14.3 Å². The van der Waals surface area contributed by atoms with E-state index >= 15 is 0 Å². The number of halogens is 2. The lowest BCUT2D eigenvalue weighted by molar-refractivity contribution is -0.137. The summed E-state index contributed by atoms with van der Waals surface area (Å²) >= 11 is 8.25. The van der Waals surface area contributed by atoms with E-state index in [9.17, 15) is 4.79 Å². The Morgan fingerprint density at radius 2 is 2.24 bits per heavy atom. The van der Waals surface area contributed by atoms with E-state index in [1.165, 1.54) is 11.3 Å². The van der Waals surface area contributed by atoms with Gasteiger partial charge in [0, 0.05) is 6.42 Å². The van der Waals surface area contributed by atoms with E-state index in [2.05, 4.69) is 42.1 Å². The molecule has 1 N–H and O–H groups in total. The molecule has 0 spiro atoms. The molecule has 0 amide bonds. The van der Waals surface area contributed by atoms with Gasteiger partial charge in [0.1, 0.15) is 0 Å². The van der Waals surface area contributed by atoms with Crippen molar-refractivity contribution >= 4 is 49.2 Å². The third-order valence-corrected chi connectivity index (χ3v) is 4.25. The van der Waals surface area contributed by atoms with Crippen LogP contribution < -0.4 is 0 Å². The van der Waals surface area contributed by atoms with E-state index in [0.717, 1.165) is 13.1 Å². The Balaban J connectivity index is 2.18. The second-order valence-electron chi connectivity index (χ2n) is 3.13. The predicted octanol–water partition coefficient (Wildman–Crippen LogP) is 3.34. The van der Waals surface area contributed by atoms with Gasteiger partial charge in [-0.15, -0.1) is 21.5 Å². The van der Waals surface area contributed by atoms with E-state index in [1.54, 1.807) is 0 Å². The van der Waals surface area contributed by atoms with Gasteiger partial charge in [-0.2, -0.15) is 0 Å². The summed E-state index contributed by atoms with van der Waals surface area (Å²) in [6, 6.07) is 1.86. The van der Waals surface area contributed by atoms with Crippen LogP contribution in [0.4, 0.5) is 0 Å². The first kappa shape index (κ1) is 12.7. The Kier molecular flexibility index (Phi) is 3.95. The third kappa shape index (κ3) is 3.14. The van der Waals surface area contributed by atoms with Gasteiger partial charge in [0.2, 0.25) is 11.8 Å². The molecular weight excluding hydrogens is 376 g/mol. The van der Waals surface area contributed by atoms with Gasteiger partial charge in [-0.1, -0.05) is 0 Å². The van der Waals surface area contributed by atoms with Gasteiger partial charge in [0.25, 0.3) is 0 Å². The zero-order valence-electron chi connectivity index (χ0n) is 8.31. The second-order valence-corrected chi connectivity index (χ2v) is 6.88. The minimum Gasteiger partial charge on any atom is -0.481 e. The summed E-state index contributed by atoms with van der Waals surface area (Å²) in [5.41, 5.74) is 0.802. The number of rotatable bonds is 4. The largest absolute Gasteiger partial charge is 0.481 e. The summed E-state index contributed by atoms with van der Waals surface area (Å²) in [4.78, 5) is 10.4. The second kappa shape index (κ2) is 5.28. The van der Waals surface area contributed by atoms with E-state index in [0.29, 0.717) is 11.8 Å². The number of aliphatic carboxylic acids is 1. The Morgan fingerprint density at radius 1 is 1.47 bits per heavy atom. The standard InChI is InChI=1S/C9H6Br2N2O3S/c10-5-3-4(8(11)17-5)9-13-12-6(16-9)1-2-7(14)15/h3H,1-2H2,(H,14,15). The normalized spacial score (nSPS) is 10.7. The molecule has 0 aliphatic heterocycles. The first-order valence-corrected chi connectivity index (χ1v) is 6.96. The van der Waals surface area contributed by atoms with Gasteiger partial charge in [-0.05, 0) is 37.9 Å². The number of nitrogens with zero attached hydrogens (tertiary/aromatic N) is 2. The number of thiophene rings is 1. The SMILES string of the molecule is O=C(O)CCc1nnc(-c2cc(Br)sc2Br)o1. The van der Waals surface area contributed by atoms with Crippen molar-refractivity contribution in [1.82, 2.24) is 10.2 Å². The molecule has 0 bridgehead atoms. The van der Waals surface area contributed by atoms with E-state index in [1.807, 2.05) is 6.07 Å². The average molecular weight is 382 g/mol. The van der Waals surface area contributed by atoms with E-state index < -0.39 is 5.97 Å². The topological polar surface area (TPSA) is 76.2 Å². The van der Waals surface area contributed by atoms with Gasteiger partial charge >= 0.3 is 5.97 Å². The average Bonchev–Trinajstić information content (AvgIpc) is 2.82. The Hall–Kier alpha value is -0.730. The molecule has 0 unspecified atom stereocenters. The Morgan fingerprint density at radius 3 is 2.82 bits per heavy atom. The van der Waals surface area contributed by atoms with Crippen molar-refractivity contribution in [2.24, 2.45) is 0 Å². The molecule has 0 aliphatic carbocycles. The molecule has 2 aromatic rings. The molecule has 0 saturated carbocycles. The monoisotopic (exact) mass is 380 g/mol. The molecule has 17 heavy (non-hydrogen) atoms. The number of carboxylic acid groups (broad SMARTS) is 1. The lowest BCUT2D eigenvalue weighted by Crippen LogP contribution is -1.97. The van der Waals surface area contributed by atoms with Crippen LogP contribution in [0, 0.1) is 0 Å². The molecule has 0 fully saturated rings. The molecule has 2 aromatic heterocycles. The fraction of sp³-hybridized carbons (Fsp3) is 0.222. The molecule has 8 heteroatoms. The van der Waals surface area contributed by atoms with Crippen LogP contribution in [0.25, 0.3) is 11.5 Å². The maximum absolute atomic E-state index is 10.4. The number of carbonyl (C=O) groups is 1. The predicted molar refractivity (Wildman–Crippen MR) is 69.0 cm³/mol. The van der Waals surface area contributed by atoms with Crippen LogP contribution in [-0.4, -0.2) is 21.3 Å². The minimum absolute atomic E-state index is 0.0177. The molecular formula is C9H6Br2N2O3S. The molecule has 0 radical (unpaired) electrons. The number of hydrogen-bond acceptors (Lipinski definition) is 5. The van der Waals surface area contributed by atoms with Crippen LogP contribution in [0.15, 0.2) is 18.1 Å². The summed E-state index contributed by atoms with van der Waals surface area (Å²) in [6.07, 6.45) is 0.224. The highest BCUT2D eigenvalue weighted by atomic mass is 79.9. The van der Waals surface area contributed by atoms with Crippen LogP contribution >= 0.6 is 43.2 Å². The van der Waals surface area contributed by atoms with Crippen molar-refractivity contribution in [2.45, 2.75) is 12.8 Å². The van der Waals surface area contributed by atoms with Crippen molar-refractivity contribution in [3.05, 3.63) is 19.5 Å². The summed E-state index contributed by atoms with van der Waals surface area (Å²) in [5.74, 6) is -0.167. The molecule has 0 atom stereocenters. The van der Waals surface area contributed by atoms with E-state index in [4.69, 9.17) is 9.52 Å². The fourth-order valence-electron chi connectivity index (χ4n) is 1.16. The highest BCUT2D eigenvalue weighted by Gasteiger charge is 2.15. The first-order valence-electron chi connectivity index (χ1n) is 4.55. The van der Waals surface area contributed by atoms with Crippen molar-refractivity contribution in [3.63, 3.8) is 0 Å². The molecule has 2 heterocycles. The maximum atomic E-state index is 10.4. The molecule has 0 aliphatic rings. The summed E-state index contributed by atoms with van der Waals surface area (Å²) in [6.45, 7) is 0. The summed E-state index contributed by atoms with van der Waals surface area (Å²) < 4.78 is 7.22. The number of carboxylic acids is 1. The highest BCUT2D eigenvalue weighted by Crippen LogP contribution is 2.37. The zero-order valence-corrected chi connectivity index (χ0v) is 12.3. The molecule has 0 aromatic carbocycles. The number of aryl methyl sites for hydroxylation is 1. The van der Waals surface area contributed by atoms with Crippen LogP contribution in [0.3, 0.4) is 0 Å². The van der Waals surface area contributed by atoms with Crippen molar-refractivity contribution in [1.29, 1.82) is 0 Å². The third-order valence-electron chi connectivity index (χ3n) is 1.91. The van der Waals surface area contributed by atoms with Crippen LogP contribution in [0.1, 0.15) is 12.3 Å². The molecule has 2 rings (SSSR count). The number of hydrogen-bond donors (Lipinski definition) is 1. The van der Waals surface area contributed by atoms with E-state index in [-0.39, 0.29) is 12.8 Å². The van der Waals surface area contributed by atoms with Crippen LogP contribution in [0.2, 0.25) is 0 Å². The van der Waals surface area contributed by atoms with Gasteiger partial charge in [-0.3, -0.25) is 4.79 Å². The first-order chi connectivity index (χ1) is 8.06. The smallest absolute Gasteiger partial charge is 0.303 e. The van der Waals surface area contributed by atoms with Crippen molar-refractivity contribution in [2.75, 3.05) is 0 Å². The zero-order chi connectivity index (χ0) is 12.4. The summed E-state index contributed by atoms with van der Waals surface area (Å²) in [5, 5.41) is 16.2. The van der Waals surface area contributed by atoms with Crippen LogP contribution in [0.5, 0.6) is 0 Å². The quantitative estimate of drug-likeness (QED) is 0.878. The molecule has 5 nitrogen and oxygen atoms in total. The van der Waals surface area contributed by atoms with Crippen LogP contribution in [-0.2, 0) is 11.2 Å². The lowest BCUT2D eigenvalue weighted by atomic mass is 10.3. The fourth-order valence-corrected chi connectivity index (χ4v) is 3.94. The minimum atomic E-state index is -0.885. The van der Waals surface area contributed by atoms with Gasteiger partial charge < -0.3 is 9.52 Å². The Bertz CT molecular complexity index is 552. The maximum Gasteiger partial charge on any atom is 0.303 e. The van der Waals surface area contributed by atoms with Gasteiger partial charge in [0.15, 0.2) is 0 Å². The highest BCUT2D eigenvalue weighted by molar-refractivity contribution is 9.12. The van der Waals surface area contributed by atoms with Gasteiger partial charge in [-0.25, -0.2) is 0 Å².